The second-order valence-electron chi connectivity index (χ2n) is 7.46. The predicted molar refractivity (Wildman–Crippen MR) is 107 cm³/mol. The fraction of sp³-hybridized carbons (Fsp3) is 0.429. The van der Waals surface area contributed by atoms with Crippen molar-refractivity contribution in [3.05, 3.63) is 59.2 Å². The molecule has 0 N–H and O–H groups in total. The Morgan fingerprint density at radius 1 is 1.14 bits per heavy atom. The van der Waals surface area contributed by atoms with Crippen molar-refractivity contribution in [1.82, 2.24) is 24.0 Å². The number of piperidine rings is 1. The first-order valence-electron chi connectivity index (χ1n) is 9.81. The third-order valence-corrected chi connectivity index (χ3v) is 5.64. The molecule has 28 heavy (non-hydrogen) atoms. The lowest BCUT2D eigenvalue weighted by atomic mass is 9.96. The summed E-state index contributed by atoms with van der Waals surface area (Å²) in [6, 6.07) is 7.29. The first-order chi connectivity index (χ1) is 13.6. The molecular formula is C21H25N5O2. The number of amides is 1. The Bertz CT molecular complexity index is 1030. The third-order valence-electron chi connectivity index (χ3n) is 5.64. The van der Waals surface area contributed by atoms with Crippen molar-refractivity contribution in [1.29, 1.82) is 0 Å². The molecule has 2 aromatic heterocycles. The topological polar surface area (TPSA) is 73.0 Å². The molecule has 1 fully saturated rings. The van der Waals surface area contributed by atoms with Crippen LogP contribution in [0.4, 0.5) is 0 Å². The van der Waals surface area contributed by atoms with E-state index in [0.717, 1.165) is 38.3 Å². The molecule has 0 saturated carbocycles. The Morgan fingerprint density at radius 2 is 1.93 bits per heavy atom. The van der Waals surface area contributed by atoms with E-state index in [2.05, 4.69) is 14.5 Å². The number of carbonyl (C=O) groups excluding carboxylic acids is 1. The summed E-state index contributed by atoms with van der Waals surface area (Å²) in [5, 5.41) is 0.591. The monoisotopic (exact) mass is 379 g/mol. The highest BCUT2D eigenvalue weighted by Gasteiger charge is 2.23. The van der Waals surface area contributed by atoms with Crippen molar-refractivity contribution in [2.24, 2.45) is 5.92 Å². The number of hydrogen-bond donors (Lipinski definition) is 0. The maximum atomic E-state index is 12.6. The molecule has 0 radical (unpaired) electrons. The first kappa shape index (κ1) is 18.4. The van der Waals surface area contributed by atoms with Gasteiger partial charge in [-0.25, -0.2) is 9.97 Å². The van der Waals surface area contributed by atoms with Gasteiger partial charge in [0.1, 0.15) is 5.82 Å². The Morgan fingerprint density at radius 3 is 2.68 bits per heavy atom. The van der Waals surface area contributed by atoms with Gasteiger partial charge < -0.3 is 9.47 Å². The molecule has 0 atom stereocenters. The summed E-state index contributed by atoms with van der Waals surface area (Å²) in [6.07, 6.45) is 7.71. The van der Waals surface area contributed by atoms with Crippen LogP contribution in [0.2, 0.25) is 0 Å². The van der Waals surface area contributed by atoms with Crippen LogP contribution in [0, 0.1) is 12.8 Å². The Kier molecular flexibility index (Phi) is 5.23. The highest BCUT2D eigenvalue weighted by Crippen LogP contribution is 2.20. The zero-order valence-corrected chi connectivity index (χ0v) is 16.1. The summed E-state index contributed by atoms with van der Waals surface area (Å²) in [6.45, 7) is 4.90. The number of carbonyl (C=O) groups is 1. The van der Waals surface area contributed by atoms with E-state index in [-0.39, 0.29) is 11.5 Å². The highest BCUT2D eigenvalue weighted by molar-refractivity contribution is 5.77. The van der Waals surface area contributed by atoms with E-state index < -0.39 is 0 Å². The molecule has 1 saturated heterocycles. The summed E-state index contributed by atoms with van der Waals surface area (Å²) in [4.78, 5) is 35.6. The van der Waals surface area contributed by atoms with Gasteiger partial charge in [-0.05, 0) is 37.8 Å². The number of imidazole rings is 1. The molecule has 0 aliphatic carbocycles. The van der Waals surface area contributed by atoms with Crippen LogP contribution in [-0.2, 0) is 17.9 Å². The van der Waals surface area contributed by atoms with E-state index in [4.69, 9.17) is 0 Å². The smallest absolute Gasteiger partial charge is 0.261 e. The number of likely N-dealkylation sites (tertiary alicyclic amines) is 1. The van der Waals surface area contributed by atoms with Gasteiger partial charge in [0.25, 0.3) is 5.56 Å². The van der Waals surface area contributed by atoms with Crippen LogP contribution < -0.4 is 5.56 Å². The Labute approximate surface area is 163 Å². The average molecular weight is 379 g/mol. The van der Waals surface area contributed by atoms with Gasteiger partial charge in [0, 0.05) is 45.0 Å². The maximum absolute atomic E-state index is 12.6. The maximum Gasteiger partial charge on any atom is 0.261 e. The SMILES string of the molecule is Cc1nccn1CC1CCN(C(=O)CCn2cnc3ccccc3c2=O)CC1. The van der Waals surface area contributed by atoms with Gasteiger partial charge in [0.2, 0.25) is 5.91 Å². The van der Waals surface area contributed by atoms with Gasteiger partial charge in [0.15, 0.2) is 0 Å². The van der Waals surface area contributed by atoms with Crippen LogP contribution in [0.5, 0.6) is 0 Å². The van der Waals surface area contributed by atoms with E-state index in [1.165, 1.54) is 10.9 Å². The quantitative estimate of drug-likeness (QED) is 0.681. The molecule has 3 aromatic rings. The van der Waals surface area contributed by atoms with Gasteiger partial charge in [0.05, 0.1) is 17.2 Å². The standard InChI is InChI=1S/C21H25N5O2/c1-16-22-9-13-25(16)14-17-6-10-24(11-7-17)20(27)8-12-26-15-23-19-5-3-2-4-18(19)21(26)28/h2-5,9,13,15,17H,6-8,10-12,14H2,1H3. The van der Waals surface area contributed by atoms with E-state index in [1.807, 2.05) is 42.4 Å². The molecule has 0 spiro atoms. The van der Waals surface area contributed by atoms with Gasteiger partial charge in [-0.3, -0.25) is 14.2 Å². The molecule has 3 heterocycles. The van der Waals surface area contributed by atoms with Crippen molar-refractivity contribution >= 4 is 16.8 Å². The van der Waals surface area contributed by atoms with Crippen molar-refractivity contribution in [3.8, 4) is 0 Å². The van der Waals surface area contributed by atoms with Crippen molar-refractivity contribution in [2.45, 2.75) is 39.3 Å². The molecule has 7 heteroatoms. The zero-order valence-electron chi connectivity index (χ0n) is 16.1. The number of hydrogen-bond acceptors (Lipinski definition) is 4. The summed E-state index contributed by atoms with van der Waals surface area (Å²) >= 11 is 0. The lowest BCUT2D eigenvalue weighted by molar-refractivity contribution is -0.132. The molecule has 7 nitrogen and oxygen atoms in total. The van der Waals surface area contributed by atoms with Crippen LogP contribution in [0.3, 0.4) is 0 Å². The number of nitrogens with zero attached hydrogens (tertiary/aromatic N) is 5. The number of rotatable bonds is 5. The fourth-order valence-electron chi connectivity index (χ4n) is 3.88. The zero-order chi connectivity index (χ0) is 19.5. The van der Waals surface area contributed by atoms with Crippen molar-refractivity contribution < 1.29 is 4.79 Å². The van der Waals surface area contributed by atoms with E-state index in [9.17, 15) is 9.59 Å². The third kappa shape index (κ3) is 3.83. The Balaban J connectivity index is 1.31. The second-order valence-corrected chi connectivity index (χ2v) is 7.46. The summed E-state index contributed by atoms with van der Waals surface area (Å²) in [7, 11) is 0. The van der Waals surface area contributed by atoms with E-state index in [0.29, 0.717) is 29.8 Å². The fourth-order valence-corrected chi connectivity index (χ4v) is 3.88. The number of aryl methyl sites for hydroxylation is 2. The molecule has 4 rings (SSSR count). The van der Waals surface area contributed by atoms with Crippen LogP contribution in [0.1, 0.15) is 25.1 Å². The Hall–Kier alpha value is -2.96. The van der Waals surface area contributed by atoms with Crippen LogP contribution in [-0.4, -0.2) is 43.0 Å². The van der Waals surface area contributed by atoms with Gasteiger partial charge in [-0.2, -0.15) is 0 Å². The molecule has 146 valence electrons. The first-order valence-corrected chi connectivity index (χ1v) is 9.81. The van der Waals surface area contributed by atoms with E-state index in [1.54, 1.807) is 6.07 Å². The number of para-hydroxylation sites is 1. The second kappa shape index (κ2) is 7.96. The number of fused-ring (bicyclic) bond motifs is 1. The normalized spacial score (nSPS) is 15.2. The van der Waals surface area contributed by atoms with Crippen LogP contribution >= 0.6 is 0 Å². The lowest BCUT2D eigenvalue weighted by Gasteiger charge is -2.32. The summed E-state index contributed by atoms with van der Waals surface area (Å²) in [5.74, 6) is 1.72. The minimum atomic E-state index is -0.0900. The van der Waals surface area contributed by atoms with Crippen LogP contribution in [0.25, 0.3) is 10.9 Å². The largest absolute Gasteiger partial charge is 0.343 e. The van der Waals surface area contributed by atoms with Gasteiger partial charge in [-0.1, -0.05) is 12.1 Å². The molecule has 0 unspecified atom stereocenters. The average Bonchev–Trinajstić information content (AvgIpc) is 3.12. The van der Waals surface area contributed by atoms with Crippen LogP contribution in [0.15, 0.2) is 47.8 Å². The summed E-state index contributed by atoms with van der Waals surface area (Å²) < 4.78 is 3.72. The van der Waals surface area contributed by atoms with Crippen molar-refractivity contribution in [2.75, 3.05) is 13.1 Å². The molecular weight excluding hydrogens is 354 g/mol. The van der Waals surface area contributed by atoms with Gasteiger partial charge in [-0.15, -0.1) is 0 Å². The van der Waals surface area contributed by atoms with E-state index >= 15 is 0 Å². The molecule has 1 aliphatic rings. The van der Waals surface area contributed by atoms with Crippen molar-refractivity contribution in [3.63, 3.8) is 0 Å². The molecule has 1 aromatic carbocycles. The number of benzene rings is 1. The minimum absolute atomic E-state index is 0.0900. The molecule has 1 amide bonds. The number of aromatic nitrogens is 4. The summed E-state index contributed by atoms with van der Waals surface area (Å²) in [5.41, 5.74) is 0.595. The highest BCUT2D eigenvalue weighted by atomic mass is 16.2. The molecule has 0 bridgehead atoms. The lowest BCUT2D eigenvalue weighted by Crippen LogP contribution is -2.40. The minimum Gasteiger partial charge on any atom is -0.343 e. The molecule has 1 aliphatic heterocycles. The van der Waals surface area contributed by atoms with Gasteiger partial charge >= 0.3 is 0 Å². The predicted octanol–water partition coefficient (Wildman–Crippen LogP) is 2.23.